The lowest BCUT2D eigenvalue weighted by molar-refractivity contribution is -0.130. The predicted molar refractivity (Wildman–Crippen MR) is 63.1 cm³/mol. The Kier molecular flexibility index (Phi) is 4.74. The Hall–Kier alpha value is -1.09. The summed E-state index contributed by atoms with van der Waals surface area (Å²) in [6.45, 7) is 1.85. The standard InChI is InChI=1S/C12H15ClFNO/c1-9(8-13)15(2)12(16)7-10-5-3-4-6-11(10)14/h3-6,9H,7-8H2,1-2H3. The summed E-state index contributed by atoms with van der Waals surface area (Å²) in [5.41, 5.74) is 0.418. The molecule has 0 aliphatic heterocycles. The Bertz CT molecular complexity index is 370. The van der Waals surface area contributed by atoms with Crippen LogP contribution in [0.1, 0.15) is 12.5 Å². The van der Waals surface area contributed by atoms with E-state index in [4.69, 9.17) is 11.6 Å². The zero-order chi connectivity index (χ0) is 12.1. The first kappa shape index (κ1) is 13.0. The molecule has 16 heavy (non-hydrogen) atoms. The third kappa shape index (κ3) is 3.20. The molecule has 2 nitrogen and oxygen atoms in total. The van der Waals surface area contributed by atoms with E-state index in [0.717, 1.165) is 0 Å². The van der Waals surface area contributed by atoms with Crippen LogP contribution in [-0.4, -0.2) is 29.8 Å². The van der Waals surface area contributed by atoms with Gasteiger partial charge in [0.1, 0.15) is 5.82 Å². The lowest BCUT2D eigenvalue weighted by Crippen LogP contribution is -2.37. The van der Waals surface area contributed by atoms with E-state index in [0.29, 0.717) is 11.4 Å². The van der Waals surface area contributed by atoms with Crippen molar-refractivity contribution in [3.05, 3.63) is 35.6 Å². The zero-order valence-electron chi connectivity index (χ0n) is 9.41. The summed E-state index contributed by atoms with van der Waals surface area (Å²) in [5.74, 6) is -0.0968. The minimum atomic E-state index is -0.345. The molecule has 0 bridgehead atoms. The van der Waals surface area contributed by atoms with Gasteiger partial charge in [-0.2, -0.15) is 0 Å². The first-order valence-electron chi connectivity index (χ1n) is 5.11. The van der Waals surface area contributed by atoms with Gasteiger partial charge in [0.05, 0.1) is 6.42 Å². The van der Waals surface area contributed by atoms with Crippen molar-refractivity contribution in [1.82, 2.24) is 4.90 Å². The van der Waals surface area contributed by atoms with Gasteiger partial charge in [0.25, 0.3) is 0 Å². The Morgan fingerprint density at radius 1 is 1.50 bits per heavy atom. The molecule has 88 valence electrons. The van der Waals surface area contributed by atoms with Gasteiger partial charge in [0, 0.05) is 19.0 Å². The van der Waals surface area contributed by atoms with Crippen molar-refractivity contribution >= 4 is 17.5 Å². The van der Waals surface area contributed by atoms with Crippen molar-refractivity contribution in [2.75, 3.05) is 12.9 Å². The van der Waals surface area contributed by atoms with E-state index in [1.165, 1.54) is 6.07 Å². The number of likely N-dealkylation sites (N-methyl/N-ethyl adjacent to an activating group) is 1. The first-order chi connectivity index (χ1) is 7.56. The van der Waals surface area contributed by atoms with Crippen LogP contribution in [0.15, 0.2) is 24.3 Å². The number of hydrogen-bond donors (Lipinski definition) is 0. The molecule has 1 amide bonds. The first-order valence-corrected chi connectivity index (χ1v) is 5.64. The van der Waals surface area contributed by atoms with Crippen molar-refractivity contribution in [1.29, 1.82) is 0 Å². The highest BCUT2D eigenvalue weighted by atomic mass is 35.5. The summed E-state index contributed by atoms with van der Waals surface area (Å²) in [6, 6.07) is 6.26. The Labute approximate surface area is 100 Å². The highest BCUT2D eigenvalue weighted by molar-refractivity contribution is 6.18. The largest absolute Gasteiger partial charge is 0.342 e. The van der Waals surface area contributed by atoms with E-state index in [2.05, 4.69) is 0 Å². The SMILES string of the molecule is CC(CCl)N(C)C(=O)Cc1ccccc1F. The number of carbonyl (C=O) groups is 1. The summed E-state index contributed by atoms with van der Waals surface area (Å²) in [5, 5.41) is 0. The van der Waals surface area contributed by atoms with Gasteiger partial charge in [-0.1, -0.05) is 18.2 Å². The zero-order valence-corrected chi connectivity index (χ0v) is 10.2. The molecule has 1 aromatic carbocycles. The molecule has 0 saturated carbocycles. The van der Waals surface area contributed by atoms with Crippen LogP contribution in [0.4, 0.5) is 4.39 Å². The van der Waals surface area contributed by atoms with Crippen LogP contribution in [0.2, 0.25) is 0 Å². The van der Waals surface area contributed by atoms with Gasteiger partial charge in [-0.15, -0.1) is 11.6 Å². The van der Waals surface area contributed by atoms with Gasteiger partial charge in [0.15, 0.2) is 0 Å². The summed E-state index contributed by atoms with van der Waals surface area (Å²) in [7, 11) is 1.68. The van der Waals surface area contributed by atoms with Crippen LogP contribution in [0.5, 0.6) is 0 Å². The van der Waals surface area contributed by atoms with Crippen LogP contribution in [0, 0.1) is 5.82 Å². The third-order valence-corrected chi connectivity index (χ3v) is 3.02. The van der Waals surface area contributed by atoms with E-state index >= 15 is 0 Å². The highest BCUT2D eigenvalue weighted by Gasteiger charge is 2.16. The van der Waals surface area contributed by atoms with Crippen LogP contribution in [0.25, 0.3) is 0 Å². The second-order valence-corrected chi connectivity index (χ2v) is 4.08. The molecule has 1 atom stereocenters. The minimum absolute atomic E-state index is 0.0408. The summed E-state index contributed by atoms with van der Waals surface area (Å²) in [6.07, 6.45) is 0.0738. The summed E-state index contributed by atoms with van der Waals surface area (Å²) < 4.78 is 13.3. The Balaban J connectivity index is 2.68. The number of benzene rings is 1. The minimum Gasteiger partial charge on any atom is -0.342 e. The summed E-state index contributed by atoms with van der Waals surface area (Å²) >= 11 is 5.66. The predicted octanol–water partition coefficient (Wildman–Crippen LogP) is 2.45. The van der Waals surface area contributed by atoms with Gasteiger partial charge < -0.3 is 4.90 Å². The molecule has 1 unspecified atom stereocenters. The van der Waals surface area contributed by atoms with E-state index < -0.39 is 0 Å². The Morgan fingerprint density at radius 3 is 2.69 bits per heavy atom. The average Bonchev–Trinajstić information content (AvgIpc) is 2.30. The second kappa shape index (κ2) is 5.85. The molecular weight excluding hydrogens is 229 g/mol. The van der Waals surface area contributed by atoms with Crippen molar-refractivity contribution in [2.24, 2.45) is 0 Å². The number of alkyl halides is 1. The topological polar surface area (TPSA) is 20.3 Å². The molecular formula is C12H15ClFNO. The van der Waals surface area contributed by atoms with E-state index in [1.54, 1.807) is 30.1 Å². The molecule has 1 aromatic rings. The molecule has 0 radical (unpaired) electrons. The Morgan fingerprint density at radius 2 is 2.12 bits per heavy atom. The molecule has 0 aliphatic rings. The monoisotopic (exact) mass is 243 g/mol. The molecule has 0 aliphatic carbocycles. The van der Waals surface area contributed by atoms with Crippen molar-refractivity contribution in [2.45, 2.75) is 19.4 Å². The number of hydrogen-bond acceptors (Lipinski definition) is 1. The van der Waals surface area contributed by atoms with Crippen LogP contribution < -0.4 is 0 Å². The molecule has 0 spiro atoms. The fraction of sp³-hybridized carbons (Fsp3) is 0.417. The van der Waals surface area contributed by atoms with E-state index in [9.17, 15) is 9.18 Å². The molecule has 1 rings (SSSR count). The third-order valence-electron chi connectivity index (χ3n) is 2.58. The molecule has 0 aromatic heterocycles. The van der Waals surface area contributed by atoms with Gasteiger partial charge >= 0.3 is 0 Å². The van der Waals surface area contributed by atoms with Crippen LogP contribution in [0.3, 0.4) is 0 Å². The van der Waals surface area contributed by atoms with E-state index in [1.807, 2.05) is 6.92 Å². The van der Waals surface area contributed by atoms with Crippen molar-refractivity contribution in [3.8, 4) is 0 Å². The average molecular weight is 244 g/mol. The number of amides is 1. The van der Waals surface area contributed by atoms with Crippen molar-refractivity contribution < 1.29 is 9.18 Å². The lowest BCUT2D eigenvalue weighted by Gasteiger charge is -2.23. The van der Waals surface area contributed by atoms with Gasteiger partial charge in [-0.3, -0.25) is 4.79 Å². The number of carbonyl (C=O) groups excluding carboxylic acids is 1. The lowest BCUT2D eigenvalue weighted by atomic mass is 10.1. The second-order valence-electron chi connectivity index (χ2n) is 3.78. The molecule has 0 heterocycles. The molecule has 4 heteroatoms. The quantitative estimate of drug-likeness (QED) is 0.744. The molecule has 0 fully saturated rings. The number of nitrogens with zero attached hydrogens (tertiary/aromatic N) is 1. The smallest absolute Gasteiger partial charge is 0.227 e. The number of rotatable bonds is 4. The number of halogens is 2. The van der Waals surface area contributed by atoms with Gasteiger partial charge in [0.2, 0.25) is 5.91 Å². The summed E-state index contributed by atoms with van der Waals surface area (Å²) in [4.78, 5) is 13.3. The van der Waals surface area contributed by atoms with Crippen molar-refractivity contribution in [3.63, 3.8) is 0 Å². The molecule has 0 N–H and O–H groups in total. The fourth-order valence-electron chi connectivity index (χ4n) is 1.28. The van der Waals surface area contributed by atoms with E-state index in [-0.39, 0.29) is 24.2 Å². The fourth-order valence-corrected chi connectivity index (χ4v) is 1.49. The van der Waals surface area contributed by atoms with Gasteiger partial charge in [-0.25, -0.2) is 4.39 Å². The van der Waals surface area contributed by atoms with Gasteiger partial charge in [-0.05, 0) is 18.6 Å². The maximum atomic E-state index is 13.3. The molecule has 0 saturated heterocycles. The maximum absolute atomic E-state index is 13.3. The van der Waals surface area contributed by atoms with Crippen LogP contribution >= 0.6 is 11.6 Å². The normalized spacial score (nSPS) is 12.2. The van der Waals surface area contributed by atoms with Crippen LogP contribution in [-0.2, 0) is 11.2 Å². The highest BCUT2D eigenvalue weighted by Crippen LogP contribution is 2.09. The maximum Gasteiger partial charge on any atom is 0.227 e.